The van der Waals surface area contributed by atoms with Crippen LogP contribution in [0.2, 0.25) is 5.02 Å². The minimum atomic E-state index is -4.49. The summed E-state index contributed by atoms with van der Waals surface area (Å²) in [7, 11) is 0. The zero-order chi connectivity index (χ0) is 14.9. The maximum Gasteiger partial charge on any atom is 0.417 e. The van der Waals surface area contributed by atoms with Crippen molar-refractivity contribution in [2.45, 2.75) is 18.0 Å². The number of hydrogen-bond donors (Lipinski definition) is 1. The van der Waals surface area contributed by atoms with Gasteiger partial charge in [-0.15, -0.1) is 11.8 Å². The third-order valence-corrected chi connectivity index (χ3v) is 3.61. The van der Waals surface area contributed by atoms with Crippen LogP contribution in [0.4, 0.5) is 19.0 Å². The van der Waals surface area contributed by atoms with Crippen molar-refractivity contribution in [3.63, 3.8) is 0 Å². The first-order valence-electron chi connectivity index (χ1n) is 5.54. The van der Waals surface area contributed by atoms with Crippen molar-refractivity contribution in [2.75, 3.05) is 11.5 Å². The Kier molecular flexibility index (Phi) is 4.14. The maximum absolute atomic E-state index is 12.5. The van der Waals surface area contributed by atoms with Gasteiger partial charge in [-0.2, -0.15) is 23.0 Å². The molecule has 0 saturated carbocycles. The third-order valence-electron chi connectivity index (χ3n) is 2.42. The van der Waals surface area contributed by atoms with Crippen LogP contribution in [-0.2, 0) is 6.18 Å². The van der Waals surface area contributed by atoms with Gasteiger partial charge in [-0.1, -0.05) is 18.5 Å². The maximum atomic E-state index is 12.5. The number of hydrogen-bond acceptors (Lipinski definition) is 4. The third kappa shape index (κ3) is 2.85. The van der Waals surface area contributed by atoms with E-state index in [0.29, 0.717) is 12.0 Å². The molecule has 0 unspecified atom stereocenters. The molecule has 2 aromatic heterocycles. The highest BCUT2D eigenvalue weighted by molar-refractivity contribution is 7.99. The Hall–Kier alpha value is -1.41. The molecule has 2 aromatic rings. The summed E-state index contributed by atoms with van der Waals surface area (Å²) in [5, 5.41) is 3.84. The molecule has 0 aliphatic rings. The van der Waals surface area contributed by atoms with E-state index in [4.69, 9.17) is 17.3 Å². The van der Waals surface area contributed by atoms with E-state index in [1.165, 1.54) is 22.6 Å². The van der Waals surface area contributed by atoms with Crippen molar-refractivity contribution in [3.8, 4) is 5.82 Å². The van der Waals surface area contributed by atoms with E-state index in [-0.39, 0.29) is 10.8 Å². The van der Waals surface area contributed by atoms with Gasteiger partial charge < -0.3 is 5.73 Å². The molecule has 0 fully saturated rings. The normalized spacial score (nSPS) is 11.8. The lowest BCUT2D eigenvalue weighted by Crippen LogP contribution is -2.09. The van der Waals surface area contributed by atoms with Gasteiger partial charge in [0.1, 0.15) is 5.82 Å². The smallest absolute Gasteiger partial charge is 0.383 e. The number of rotatable bonds is 3. The van der Waals surface area contributed by atoms with Gasteiger partial charge in [0, 0.05) is 6.20 Å². The molecular weight excluding hydrogens is 313 g/mol. The van der Waals surface area contributed by atoms with E-state index in [1.54, 1.807) is 0 Å². The number of aromatic nitrogens is 3. The number of nitrogen functional groups attached to an aromatic ring is 1. The molecular formula is C11H10ClF3N4S. The second-order valence-electron chi connectivity index (χ2n) is 3.77. The molecule has 0 bridgehead atoms. The van der Waals surface area contributed by atoms with Crippen molar-refractivity contribution in [1.29, 1.82) is 0 Å². The predicted molar refractivity (Wildman–Crippen MR) is 72.2 cm³/mol. The summed E-state index contributed by atoms with van der Waals surface area (Å²) in [6.07, 6.45) is -2.26. The molecule has 2 N–H and O–H groups in total. The number of halogens is 4. The monoisotopic (exact) mass is 322 g/mol. The fourth-order valence-electron chi connectivity index (χ4n) is 1.52. The molecule has 0 aromatic carbocycles. The van der Waals surface area contributed by atoms with Crippen LogP contribution in [0.1, 0.15) is 12.5 Å². The highest BCUT2D eigenvalue weighted by Gasteiger charge is 2.32. The van der Waals surface area contributed by atoms with Crippen LogP contribution in [0.5, 0.6) is 0 Å². The van der Waals surface area contributed by atoms with Gasteiger partial charge >= 0.3 is 6.18 Å². The largest absolute Gasteiger partial charge is 0.417 e. The fourth-order valence-corrected chi connectivity index (χ4v) is 2.43. The Morgan fingerprint density at radius 2 is 2.10 bits per heavy atom. The van der Waals surface area contributed by atoms with Gasteiger partial charge in [0.2, 0.25) is 0 Å². The van der Waals surface area contributed by atoms with Crippen molar-refractivity contribution in [3.05, 3.63) is 29.0 Å². The molecule has 0 spiro atoms. The highest BCUT2D eigenvalue weighted by Crippen LogP contribution is 2.33. The van der Waals surface area contributed by atoms with Crippen molar-refractivity contribution < 1.29 is 13.2 Å². The molecule has 20 heavy (non-hydrogen) atoms. The summed E-state index contributed by atoms with van der Waals surface area (Å²) in [5.41, 5.74) is 4.96. The lowest BCUT2D eigenvalue weighted by molar-refractivity contribution is -0.137. The van der Waals surface area contributed by atoms with Gasteiger partial charge in [-0.05, 0) is 11.8 Å². The highest BCUT2D eigenvalue weighted by atomic mass is 35.5. The predicted octanol–water partition coefficient (Wildman–Crippen LogP) is 3.63. The Bertz CT molecular complexity index is 627. The van der Waals surface area contributed by atoms with Crippen LogP contribution in [0, 0.1) is 0 Å². The Morgan fingerprint density at radius 3 is 2.65 bits per heavy atom. The second kappa shape index (κ2) is 5.53. The zero-order valence-electron chi connectivity index (χ0n) is 10.3. The minimum absolute atomic E-state index is 0.0696. The van der Waals surface area contributed by atoms with Gasteiger partial charge in [-0.25, -0.2) is 4.98 Å². The number of thioether (sulfide) groups is 1. The fraction of sp³-hybridized carbons (Fsp3) is 0.273. The summed E-state index contributed by atoms with van der Waals surface area (Å²) >= 11 is 7.31. The Labute approximate surface area is 122 Å². The lowest BCUT2D eigenvalue weighted by atomic mass is 10.3. The van der Waals surface area contributed by atoms with Gasteiger partial charge in [0.05, 0.1) is 21.7 Å². The van der Waals surface area contributed by atoms with Crippen molar-refractivity contribution in [1.82, 2.24) is 14.8 Å². The first kappa shape index (κ1) is 15.0. The molecule has 0 radical (unpaired) electrons. The van der Waals surface area contributed by atoms with Crippen molar-refractivity contribution >= 4 is 29.2 Å². The van der Waals surface area contributed by atoms with Crippen LogP contribution in [-0.4, -0.2) is 20.5 Å². The molecule has 2 heterocycles. The molecule has 0 aliphatic carbocycles. The summed E-state index contributed by atoms with van der Waals surface area (Å²) in [4.78, 5) is 4.44. The molecule has 9 heteroatoms. The topological polar surface area (TPSA) is 56.7 Å². The molecule has 0 amide bonds. The summed E-state index contributed by atoms with van der Waals surface area (Å²) < 4.78 is 38.8. The first-order valence-corrected chi connectivity index (χ1v) is 6.90. The first-order chi connectivity index (χ1) is 9.34. The molecule has 108 valence electrons. The van der Waals surface area contributed by atoms with Crippen LogP contribution in [0.3, 0.4) is 0 Å². The lowest BCUT2D eigenvalue weighted by Gasteiger charge is -2.10. The molecule has 2 rings (SSSR count). The van der Waals surface area contributed by atoms with Gasteiger partial charge in [0.15, 0.2) is 5.82 Å². The summed E-state index contributed by atoms with van der Waals surface area (Å²) in [6, 6.07) is 0.803. The van der Waals surface area contributed by atoms with Crippen LogP contribution in [0.15, 0.2) is 23.4 Å². The van der Waals surface area contributed by atoms with Gasteiger partial charge in [0.25, 0.3) is 0 Å². The van der Waals surface area contributed by atoms with E-state index >= 15 is 0 Å². The zero-order valence-corrected chi connectivity index (χ0v) is 11.9. The summed E-state index contributed by atoms with van der Waals surface area (Å²) in [6.45, 7) is 1.95. The number of nitrogens with two attached hydrogens (primary N) is 1. The number of alkyl halides is 3. The molecule has 0 aliphatic heterocycles. The minimum Gasteiger partial charge on any atom is -0.383 e. The van der Waals surface area contributed by atoms with Crippen molar-refractivity contribution in [2.24, 2.45) is 0 Å². The quantitative estimate of drug-likeness (QED) is 0.877. The molecule has 4 nitrogen and oxygen atoms in total. The average Bonchev–Trinajstić information content (AvgIpc) is 2.71. The number of pyridine rings is 1. The van der Waals surface area contributed by atoms with E-state index in [1.807, 2.05) is 6.92 Å². The van der Waals surface area contributed by atoms with Crippen LogP contribution < -0.4 is 5.73 Å². The standard InChI is InChI=1S/C11H10ClF3N4S/c1-2-20-8-5-18-19(9(8)16)10-7(12)3-6(4-17-10)11(13,14)15/h3-5H,2,16H2,1H3. The van der Waals surface area contributed by atoms with E-state index in [2.05, 4.69) is 10.1 Å². The summed E-state index contributed by atoms with van der Waals surface area (Å²) in [5.74, 6) is 1.16. The SMILES string of the molecule is CCSc1cnn(-c2ncc(C(F)(F)F)cc2Cl)c1N. The Balaban J connectivity index is 2.44. The second-order valence-corrected chi connectivity index (χ2v) is 5.48. The van der Waals surface area contributed by atoms with Gasteiger partial charge in [-0.3, -0.25) is 0 Å². The number of nitrogens with zero attached hydrogens (tertiary/aromatic N) is 3. The average molecular weight is 323 g/mol. The number of anilines is 1. The molecule has 0 atom stereocenters. The van der Waals surface area contributed by atoms with Crippen LogP contribution in [0.25, 0.3) is 5.82 Å². The Morgan fingerprint density at radius 1 is 1.40 bits per heavy atom. The molecule has 0 saturated heterocycles. The van der Waals surface area contributed by atoms with E-state index in [0.717, 1.165) is 16.7 Å². The van der Waals surface area contributed by atoms with Crippen LogP contribution >= 0.6 is 23.4 Å². The van der Waals surface area contributed by atoms with E-state index in [9.17, 15) is 13.2 Å². The van der Waals surface area contributed by atoms with E-state index < -0.39 is 11.7 Å².